The summed E-state index contributed by atoms with van der Waals surface area (Å²) in [5.41, 5.74) is 1.25. The quantitative estimate of drug-likeness (QED) is 0.628. The highest BCUT2D eigenvalue weighted by Gasteiger charge is 2.20. The van der Waals surface area contributed by atoms with Crippen LogP contribution in [0.15, 0.2) is 11.6 Å². The Bertz CT molecular complexity index is 170. The first-order valence-corrected chi connectivity index (χ1v) is 4.96. The third-order valence-corrected chi connectivity index (χ3v) is 3.03. The van der Waals surface area contributed by atoms with Gasteiger partial charge in [0, 0.05) is 0 Å². The molecule has 1 N–H and O–H groups in total. The molecule has 0 heterocycles. The van der Waals surface area contributed by atoms with Gasteiger partial charge in [0.2, 0.25) is 0 Å². The highest BCUT2D eigenvalue weighted by molar-refractivity contribution is 5.12. The second kappa shape index (κ2) is 4.08. The van der Waals surface area contributed by atoms with Crippen LogP contribution in [0.5, 0.6) is 0 Å². The molecule has 0 fully saturated rings. The van der Waals surface area contributed by atoms with Crippen LogP contribution in [0.3, 0.4) is 0 Å². The lowest BCUT2D eigenvalue weighted by Crippen LogP contribution is -2.17. The fourth-order valence-electron chi connectivity index (χ4n) is 1.88. The lowest BCUT2D eigenvalue weighted by atomic mass is 9.79. The standard InChI is InChI=1S/C11H20O/c1-8(2)10-5-4-9(3)11(6-10)7-12/h6,8-10,12H,4-5,7H2,1-3H3/t9-,10?/m1/s1. The topological polar surface area (TPSA) is 20.2 Å². The van der Waals surface area contributed by atoms with E-state index >= 15 is 0 Å². The van der Waals surface area contributed by atoms with E-state index in [1.807, 2.05) is 0 Å². The predicted molar refractivity (Wildman–Crippen MR) is 51.9 cm³/mol. The molecule has 0 aromatic heterocycles. The molecule has 70 valence electrons. The summed E-state index contributed by atoms with van der Waals surface area (Å²) >= 11 is 0. The fourth-order valence-corrected chi connectivity index (χ4v) is 1.88. The average Bonchev–Trinajstić information content (AvgIpc) is 2.05. The SMILES string of the molecule is CC(C)C1C=C(CO)[C@H](C)CC1. The minimum absolute atomic E-state index is 0.254. The van der Waals surface area contributed by atoms with E-state index < -0.39 is 0 Å². The molecular weight excluding hydrogens is 148 g/mol. The predicted octanol–water partition coefficient (Wildman–Crippen LogP) is 2.61. The summed E-state index contributed by atoms with van der Waals surface area (Å²) in [4.78, 5) is 0. The molecule has 0 radical (unpaired) electrons. The molecule has 1 rings (SSSR count). The number of rotatable bonds is 2. The van der Waals surface area contributed by atoms with Crippen LogP contribution in [0.1, 0.15) is 33.6 Å². The van der Waals surface area contributed by atoms with Crippen molar-refractivity contribution < 1.29 is 5.11 Å². The van der Waals surface area contributed by atoms with Crippen molar-refractivity contribution in [3.05, 3.63) is 11.6 Å². The Morgan fingerprint density at radius 1 is 1.50 bits per heavy atom. The van der Waals surface area contributed by atoms with Crippen LogP contribution in [0.4, 0.5) is 0 Å². The molecule has 1 nitrogen and oxygen atoms in total. The minimum atomic E-state index is 0.254. The van der Waals surface area contributed by atoms with Crippen LogP contribution >= 0.6 is 0 Å². The highest BCUT2D eigenvalue weighted by atomic mass is 16.3. The second-order valence-electron chi connectivity index (χ2n) is 4.29. The molecule has 0 saturated heterocycles. The zero-order valence-electron chi connectivity index (χ0n) is 8.38. The second-order valence-corrected chi connectivity index (χ2v) is 4.29. The monoisotopic (exact) mass is 168 g/mol. The van der Waals surface area contributed by atoms with Gasteiger partial charge in [0.15, 0.2) is 0 Å². The molecule has 1 aliphatic rings. The molecule has 1 aliphatic carbocycles. The van der Waals surface area contributed by atoms with Gasteiger partial charge in [0.25, 0.3) is 0 Å². The zero-order chi connectivity index (χ0) is 9.14. The van der Waals surface area contributed by atoms with E-state index in [0.29, 0.717) is 11.8 Å². The Morgan fingerprint density at radius 2 is 2.17 bits per heavy atom. The molecule has 12 heavy (non-hydrogen) atoms. The molecule has 0 bridgehead atoms. The van der Waals surface area contributed by atoms with Crippen molar-refractivity contribution in [1.82, 2.24) is 0 Å². The fraction of sp³-hybridized carbons (Fsp3) is 0.818. The van der Waals surface area contributed by atoms with Crippen LogP contribution in [0.25, 0.3) is 0 Å². The third kappa shape index (κ3) is 2.10. The van der Waals surface area contributed by atoms with Crippen LogP contribution in [0.2, 0.25) is 0 Å². The van der Waals surface area contributed by atoms with Gasteiger partial charge in [-0.05, 0) is 36.2 Å². The normalized spacial score (nSPS) is 30.6. The van der Waals surface area contributed by atoms with Crippen LogP contribution in [-0.2, 0) is 0 Å². The van der Waals surface area contributed by atoms with E-state index in [1.54, 1.807) is 0 Å². The van der Waals surface area contributed by atoms with Gasteiger partial charge in [0.1, 0.15) is 0 Å². The van der Waals surface area contributed by atoms with Crippen molar-refractivity contribution in [3.8, 4) is 0 Å². The van der Waals surface area contributed by atoms with Crippen molar-refractivity contribution in [2.75, 3.05) is 6.61 Å². The van der Waals surface area contributed by atoms with E-state index in [0.717, 1.165) is 5.92 Å². The number of aliphatic hydroxyl groups is 1. The molecule has 1 unspecified atom stereocenters. The number of aliphatic hydroxyl groups excluding tert-OH is 1. The third-order valence-electron chi connectivity index (χ3n) is 3.03. The molecule has 2 atom stereocenters. The van der Waals surface area contributed by atoms with E-state index in [4.69, 9.17) is 5.11 Å². The maximum atomic E-state index is 9.09. The van der Waals surface area contributed by atoms with Crippen LogP contribution < -0.4 is 0 Å². The summed E-state index contributed by atoms with van der Waals surface area (Å²) in [5.74, 6) is 2.02. The van der Waals surface area contributed by atoms with Gasteiger partial charge in [-0.25, -0.2) is 0 Å². The van der Waals surface area contributed by atoms with Crippen molar-refractivity contribution in [1.29, 1.82) is 0 Å². The molecular formula is C11H20O. The molecule has 0 amide bonds. The lowest BCUT2D eigenvalue weighted by molar-refractivity contribution is 0.290. The first-order valence-electron chi connectivity index (χ1n) is 4.96. The molecule has 1 heteroatoms. The summed E-state index contributed by atoms with van der Waals surface area (Å²) in [6.07, 6.45) is 4.83. The number of hydrogen-bond acceptors (Lipinski definition) is 1. The van der Waals surface area contributed by atoms with Gasteiger partial charge in [-0.15, -0.1) is 0 Å². The first-order chi connectivity index (χ1) is 5.65. The largest absolute Gasteiger partial charge is 0.392 e. The maximum absolute atomic E-state index is 9.09. The van der Waals surface area contributed by atoms with Crippen LogP contribution in [-0.4, -0.2) is 11.7 Å². The smallest absolute Gasteiger partial charge is 0.0644 e. The minimum Gasteiger partial charge on any atom is -0.392 e. The number of allylic oxidation sites excluding steroid dienone is 1. The van der Waals surface area contributed by atoms with Gasteiger partial charge in [-0.1, -0.05) is 26.8 Å². The van der Waals surface area contributed by atoms with E-state index in [9.17, 15) is 0 Å². The van der Waals surface area contributed by atoms with E-state index in [1.165, 1.54) is 18.4 Å². The summed E-state index contributed by atoms with van der Waals surface area (Å²) in [5, 5.41) is 9.09. The van der Waals surface area contributed by atoms with E-state index in [-0.39, 0.29) is 6.61 Å². The van der Waals surface area contributed by atoms with Crippen molar-refractivity contribution in [2.45, 2.75) is 33.6 Å². The first kappa shape index (κ1) is 9.79. The van der Waals surface area contributed by atoms with Gasteiger partial charge in [-0.3, -0.25) is 0 Å². The van der Waals surface area contributed by atoms with Gasteiger partial charge >= 0.3 is 0 Å². The Labute approximate surface area is 75.5 Å². The Balaban J connectivity index is 2.66. The average molecular weight is 168 g/mol. The summed E-state index contributed by atoms with van der Waals surface area (Å²) in [7, 11) is 0. The van der Waals surface area contributed by atoms with Gasteiger partial charge < -0.3 is 5.11 Å². The maximum Gasteiger partial charge on any atom is 0.0644 e. The Morgan fingerprint density at radius 3 is 2.67 bits per heavy atom. The van der Waals surface area contributed by atoms with Crippen LogP contribution in [0, 0.1) is 17.8 Å². The summed E-state index contributed by atoms with van der Waals surface area (Å²) in [6, 6.07) is 0. The van der Waals surface area contributed by atoms with Crippen molar-refractivity contribution in [2.24, 2.45) is 17.8 Å². The number of hydrogen-bond donors (Lipinski definition) is 1. The van der Waals surface area contributed by atoms with Crippen molar-refractivity contribution in [3.63, 3.8) is 0 Å². The molecule has 0 aliphatic heterocycles. The molecule has 0 spiro atoms. The zero-order valence-corrected chi connectivity index (χ0v) is 8.38. The Hall–Kier alpha value is -0.300. The molecule has 0 aromatic carbocycles. The lowest BCUT2D eigenvalue weighted by Gasteiger charge is -2.27. The molecule has 0 saturated carbocycles. The summed E-state index contributed by atoms with van der Waals surface area (Å²) < 4.78 is 0. The molecule has 0 aromatic rings. The highest BCUT2D eigenvalue weighted by Crippen LogP contribution is 2.31. The summed E-state index contributed by atoms with van der Waals surface area (Å²) in [6.45, 7) is 6.97. The van der Waals surface area contributed by atoms with Gasteiger partial charge in [-0.2, -0.15) is 0 Å². The van der Waals surface area contributed by atoms with Crippen molar-refractivity contribution >= 4 is 0 Å². The Kier molecular flexibility index (Phi) is 3.33. The van der Waals surface area contributed by atoms with E-state index in [2.05, 4.69) is 26.8 Å². The van der Waals surface area contributed by atoms with Gasteiger partial charge in [0.05, 0.1) is 6.61 Å².